The van der Waals surface area contributed by atoms with Crippen molar-refractivity contribution in [1.29, 1.82) is 0 Å². The molecule has 1 aliphatic heterocycles. The molecule has 1 aromatic carbocycles. The zero-order valence-electron chi connectivity index (χ0n) is 13.8. The maximum atomic E-state index is 11.9. The molecule has 1 aliphatic rings. The van der Waals surface area contributed by atoms with Crippen molar-refractivity contribution in [2.75, 3.05) is 32.9 Å². The molecule has 0 fully saturated rings. The van der Waals surface area contributed by atoms with E-state index in [-0.39, 0.29) is 13.2 Å². The molecule has 0 aromatic heterocycles. The van der Waals surface area contributed by atoms with E-state index in [1.807, 2.05) is 17.9 Å². The molecular formula is C16H21ClN2O5. The summed E-state index contributed by atoms with van der Waals surface area (Å²) in [5.41, 5.74) is 0.898. The van der Waals surface area contributed by atoms with Crippen LogP contribution in [-0.4, -0.2) is 49.8 Å². The van der Waals surface area contributed by atoms with Crippen LogP contribution in [0.2, 0.25) is 5.02 Å². The third-order valence-corrected chi connectivity index (χ3v) is 3.67. The molecule has 1 aromatic rings. The molecule has 2 rings (SSSR count). The molecule has 132 valence electrons. The topological polar surface area (TPSA) is 77.1 Å². The van der Waals surface area contributed by atoms with E-state index in [2.05, 4.69) is 10.1 Å². The number of alkyl carbamates (subject to hydrolysis) is 1. The standard InChI is InChI=1S/C16H21ClN2O5/c1-3-19(10-14(20)18-16(21)22-4-2)9-11-7-12(17)15-13(8-11)23-5-6-24-15/h7-8H,3-6,9-10H2,1-2H3,(H,18,20,21). The van der Waals surface area contributed by atoms with Gasteiger partial charge in [-0.25, -0.2) is 4.79 Å². The van der Waals surface area contributed by atoms with Crippen LogP contribution in [0, 0.1) is 0 Å². The Morgan fingerprint density at radius 3 is 2.75 bits per heavy atom. The Morgan fingerprint density at radius 1 is 1.29 bits per heavy atom. The maximum Gasteiger partial charge on any atom is 0.413 e. The molecule has 1 N–H and O–H groups in total. The maximum absolute atomic E-state index is 11.9. The lowest BCUT2D eigenvalue weighted by molar-refractivity contribution is -0.121. The summed E-state index contributed by atoms with van der Waals surface area (Å²) in [6.07, 6.45) is -0.735. The Balaban J connectivity index is 1.98. The van der Waals surface area contributed by atoms with Crippen molar-refractivity contribution in [2.45, 2.75) is 20.4 Å². The molecule has 0 unspecified atom stereocenters. The second-order valence-electron chi connectivity index (χ2n) is 5.17. The van der Waals surface area contributed by atoms with E-state index in [0.29, 0.717) is 42.8 Å². The van der Waals surface area contributed by atoms with Crippen molar-refractivity contribution in [1.82, 2.24) is 10.2 Å². The molecule has 0 radical (unpaired) electrons. The van der Waals surface area contributed by atoms with Gasteiger partial charge in [-0.2, -0.15) is 0 Å². The number of nitrogens with one attached hydrogen (secondary N) is 1. The summed E-state index contributed by atoms with van der Waals surface area (Å²) in [6, 6.07) is 3.65. The van der Waals surface area contributed by atoms with E-state index in [0.717, 1.165) is 5.56 Å². The molecule has 24 heavy (non-hydrogen) atoms. The van der Waals surface area contributed by atoms with Gasteiger partial charge in [-0.05, 0) is 31.2 Å². The predicted molar refractivity (Wildman–Crippen MR) is 88.6 cm³/mol. The number of hydrogen-bond acceptors (Lipinski definition) is 6. The number of halogens is 1. The fourth-order valence-electron chi connectivity index (χ4n) is 2.32. The van der Waals surface area contributed by atoms with Crippen molar-refractivity contribution >= 4 is 23.6 Å². The zero-order chi connectivity index (χ0) is 17.5. The molecule has 0 bridgehead atoms. The number of likely N-dealkylation sites (N-methyl/N-ethyl adjacent to an activating group) is 1. The lowest BCUT2D eigenvalue weighted by Gasteiger charge is -2.23. The Hall–Kier alpha value is -1.99. The molecule has 0 saturated heterocycles. The van der Waals surface area contributed by atoms with Gasteiger partial charge in [-0.3, -0.25) is 15.0 Å². The summed E-state index contributed by atoms with van der Waals surface area (Å²) < 4.78 is 15.7. The smallest absolute Gasteiger partial charge is 0.413 e. The van der Waals surface area contributed by atoms with E-state index < -0.39 is 12.0 Å². The molecule has 0 saturated carbocycles. The van der Waals surface area contributed by atoms with Crippen LogP contribution in [-0.2, 0) is 16.1 Å². The van der Waals surface area contributed by atoms with E-state index in [4.69, 9.17) is 21.1 Å². The molecule has 0 spiro atoms. The van der Waals surface area contributed by atoms with Gasteiger partial charge in [-0.15, -0.1) is 0 Å². The van der Waals surface area contributed by atoms with Gasteiger partial charge in [0.2, 0.25) is 5.91 Å². The van der Waals surface area contributed by atoms with Crippen LogP contribution in [0.1, 0.15) is 19.4 Å². The average molecular weight is 357 g/mol. The van der Waals surface area contributed by atoms with Gasteiger partial charge < -0.3 is 14.2 Å². The van der Waals surface area contributed by atoms with Crippen LogP contribution >= 0.6 is 11.6 Å². The highest BCUT2D eigenvalue weighted by Gasteiger charge is 2.18. The Morgan fingerprint density at radius 2 is 2.04 bits per heavy atom. The Kier molecular flexibility index (Phi) is 6.69. The lowest BCUT2D eigenvalue weighted by atomic mass is 10.1. The second kappa shape index (κ2) is 8.75. The SMILES string of the molecule is CCOC(=O)NC(=O)CN(CC)Cc1cc(Cl)c2c(c1)OCCO2. The van der Waals surface area contributed by atoms with Gasteiger partial charge in [0.05, 0.1) is 18.2 Å². The number of carbonyl (C=O) groups is 2. The van der Waals surface area contributed by atoms with E-state index in [1.165, 1.54) is 0 Å². The number of ether oxygens (including phenoxy) is 3. The summed E-state index contributed by atoms with van der Waals surface area (Å²) >= 11 is 6.22. The highest BCUT2D eigenvalue weighted by molar-refractivity contribution is 6.32. The number of imide groups is 1. The van der Waals surface area contributed by atoms with E-state index in [9.17, 15) is 9.59 Å². The first kappa shape index (κ1) is 18.4. The van der Waals surface area contributed by atoms with Crippen LogP contribution in [0.15, 0.2) is 12.1 Å². The highest BCUT2D eigenvalue weighted by atomic mass is 35.5. The number of carbonyl (C=O) groups excluding carboxylic acids is 2. The highest BCUT2D eigenvalue weighted by Crippen LogP contribution is 2.38. The molecule has 8 heteroatoms. The van der Waals surface area contributed by atoms with Crippen LogP contribution in [0.4, 0.5) is 4.79 Å². The molecular weight excluding hydrogens is 336 g/mol. The number of nitrogens with zero attached hydrogens (tertiary/aromatic N) is 1. The number of hydrogen-bond donors (Lipinski definition) is 1. The average Bonchev–Trinajstić information content (AvgIpc) is 2.54. The number of amides is 2. The number of benzene rings is 1. The first-order chi connectivity index (χ1) is 11.5. The second-order valence-corrected chi connectivity index (χ2v) is 5.58. The van der Waals surface area contributed by atoms with Gasteiger partial charge in [0.25, 0.3) is 0 Å². The molecule has 0 atom stereocenters. The quantitative estimate of drug-likeness (QED) is 0.842. The van der Waals surface area contributed by atoms with Crippen LogP contribution in [0.3, 0.4) is 0 Å². The van der Waals surface area contributed by atoms with E-state index in [1.54, 1.807) is 13.0 Å². The number of rotatable bonds is 6. The Labute approximate surface area is 145 Å². The normalized spacial score (nSPS) is 12.8. The lowest BCUT2D eigenvalue weighted by Crippen LogP contribution is -2.40. The van der Waals surface area contributed by atoms with Gasteiger partial charge in [0, 0.05) is 6.54 Å². The zero-order valence-corrected chi connectivity index (χ0v) is 14.5. The molecule has 7 nitrogen and oxygen atoms in total. The first-order valence-electron chi connectivity index (χ1n) is 7.80. The summed E-state index contributed by atoms with van der Waals surface area (Å²) in [4.78, 5) is 25.0. The van der Waals surface area contributed by atoms with Crippen LogP contribution in [0.25, 0.3) is 0 Å². The van der Waals surface area contributed by atoms with Crippen molar-refractivity contribution in [3.63, 3.8) is 0 Å². The Bertz CT molecular complexity index is 608. The van der Waals surface area contributed by atoms with Gasteiger partial charge in [-0.1, -0.05) is 18.5 Å². The molecule has 0 aliphatic carbocycles. The van der Waals surface area contributed by atoms with Crippen molar-refractivity contribution in [2.24, 2.45) is 0 Å². The first-order valence-corrected chi connectivity index (χ1v) is 8.18. The van der Waals surface area contributed by atoms with Crippen LogP contribution < -0.4 is 14.8 Å². The van der Waals surface area contributed by atoms with Gasteiger partial charge in [0.15, 0.2) is 11.5 Å². The predicted octanol–water partition coefficient (Wildman–Crippen LogP) is 2.21. The third-order valence-electron chi connectivity index (χ3n) is 3.39. The minimum Gasteiger partial charge on any atom is -0.486 e. The third kappa shape index (κ3) is 5.01. The van der Waals surface area contributed by atoms with Gasteiger partial charge >= 0.3 is 6.09 Å². The van der Waals surface area contributed by atoms with E-state index >= 15 is 0 Å². The number of fused-ring (bicyclic) bond motifs is 1. The molecule has 1 heterocycles. The summed E-state index contributed by atoms with van der Waals surface area (Å²) in [7, 11) is 0. The molecule has 2 amide bonds. The van der Waals surface area contributed by atoms with Crippen molar-refractivity contribution < 1.29 is 23.8 Å². The summed E-state index contributed by atoms with van der Waals surface area (Å²) in [6.45, 7) is 5.96. The minimum atomic E-state index is -0.735. The van der Waals surface area contributed by atoms with Crippen molar-refractivity contribution in [3.05, 3.63) is 22.7 Å². The van der Waals surface area contributed by atoms with Crippen molar-refractivity contribution in [3.8, 4) is 11.5 Å². The van der Waals surface area contributed by atoms with Gasteiger partial charge in [0.1, 0.15) is 13.2 Å². The minimum absolute atomic E-state index is 0.0708. The largest absolute Gasteiger partial charge is 0.486 e. The summed E-state index contributed by atoms with van der Waals surface area (Å²) in [5.74, 6) is 0.740. The van der Waals surface area contributed by atoms with Crippen LogP contribution in [0.5, 0.6) is 11.5 Å². The fraction of sp³-hybridized carbons (Fsp3) is 0.500. The monoisotopic (exact) mass is 356 g/mol. The fourth-order valence-corrected chi connectivity index (χ4v) is 2.60. The summed E-state index contributed by atoms with van der Waals surface area (Å²) in [5, 5.41) is 2.66.